The summed E-state index contributed by atoms with van der Waals surface area (Å²) in [4.78, 5) is 12.8. The van der Waals surface area contributed by atoms with Crippen LogP contribution in [0.3, 0.4) is 0 Å². The highest BCUT2D eigenvalue weighted by atomic mass is 16.5. The quantitative estimate of drug-likeness (QED) is 0.236. The lowest BCUT2D eigenvalue weighted by Crippen LogP contribution is -2.14. The summed E-state index contributed by atoms with van der Waals surface area (Å²) in [6, 6.07) is 9.84. The molecule has 1 aromatic carbocycles. The van der Waals surface area contributed by atoms with Gasteiger partial charge >= 0.3 is 5.97 Å². The van der Waals surface area contributed by atoms with Gasteiger partial charge in [0, 0.05) is 0 Å². The molecule has 0 aromatic heterocycles. The fourth-order valence-corrected chi connectivity index (χ4v) is 3.13. The van der Waals surface area contributed by atoms with E-state index in [0.717, 1.165) is 31.2 Å². The van der Waals surface area contributed by atoms with Crippen LogP contribution in [-0.4, -0.2) is 5.97 Å². The molecule has 0 amide bonds. The van der Waals surface area contributed by atoms with E-state index in [1.54, 1.807) is 0 Å². The third kappa shape index (κ3) is 13.5. The van der Waals surface area contributed by atoms with Crippen molar-refractivity contribution in [2.24, 2.45) is 17.8 Å². The van der Waals surface area contributed by atoms with E-state index in [-0.39, 0.29) is 11.9 Å². The van der Waals surface area contributed by atoms with E-state index in [2.05, 4.69) is 65.8 Å². The van der Waals surface area contributed by atoms with Crippen molar-refractivity contribution in [2.45, 2.75) is 73.8 Å². The average Bonchev–Trinajstić information content (AvgIpc) is 2.72. The lowest BCUT2D eigenvalue weighted by atomic mass is 9.98. The van der Waals surface area contributed by atoms with Crippen LogP contribution in [0.25, 0.3) is 0 Å². The summed E-state index contributed by atoms with van der Waals surface area (Å²) in [5.74, 6) is 0.303. The third-order valence-electron chi connectivity index (χ3n) is 5.14. The Bertz CT molecular complexity index is 706. The SMILES string of the molecule is CC(C)=CCCC(C)/C=C/C(/C=C/C(C)CCC=C(C)C)C(=O)OCc1ccccc1. The molecular weight excluding hydrogens is 380 g/mol. The van der Waals surface area contributed by atoms with Crippen LogP contribution in [-0.2, 0) is 16.1 Å². The van der Waals surface area contributed by atoms with Gasteiger partial charge in [0.2, 0.25) is 0 Å². The minimum Gasteiger partial charge on any atom is -0.460 e. The van der Waals surface area contributed by atoms with Gasteiger partial charge in [0.25, 0.3) is 0 Å². The van der Waals surface area contributed by atoms with Crippen molar-refractivity contribution in [1.82, 2.24) is 0 Å². The minimum absolute atomic E-state index is 0.190. The number of carbonyl (C=O) groups is 1. The Labute approximate surface area is 190 Å². The van der Waals surface area contributed by atoms with E-state index in [4.69, 9.17) is 4.74 Å². The van der Waals surface area contributed by atoms with E-state index in [0.29, 0.717) is 18.4 Å². The number of hydrogen-bond donors (Lipinski definition) is 0. The predicted octanol–water partition coefficient (Wildman–Crippen LogP) is 8.22. The van der Waals surface area contributed by atoms with Gasteiger partial charge in [0.15, 0.2) is 0 Å². The molecule has 0 saturated heterocycles. The molecule has 0 fully saturated rings. The fraction of sp³-hybridized carbons (Fsp3) is 0.483. The Morgan fingerprint density at radius 2 is 1.29 bits per heavy atom. The molecule has 0 spiro atoms. The van der Waals surface area contributed by atoms with Gasteiger partial charge in [-0.1, -0.05) is 91.8 Å². The first-order valence-corrected chi connectivity index (χ1v) is 11.6. The standard InChI is InChI=1S/C29H42O2/c1-23(2)12-10-14-25(5)18-20-28(21-19-26(6)15-11-13-24(3)4)29(30)31-22-27-16-8-7-9-17-27/h7-9,12-13,16-21,25-26,28H,10-11,14-15,22H2,1-6H3/b20-18+,21-19+. The third-order valence-corrected chi connectivity index (χ3v) is 5.14. The van der Waals surface area contributed by atoms with E-state index in [9.17, 15) is 4.79 Å². The van der Waals surface area contributed by atoms with E-state index >= 15 is 0 Å². The van der Waals surface area contributed by atoms with Crippen LogP contribution in [0.2, 0.25) is 0 Å². The molecule has 2 nitrogen and oxygen atoms in total. The Morgan fingerprint density at radius 3 is 1.74 bits per heavy atom. The number of hydrogen-bond acceptors (Lipinski definition) is 2. The second-order valence-corrected chi connectivity index (χ2v) is 9.06. The van der Waals surface area contributed by atoms with Gasteiger partial charge in [-0.15, -0.1) is 0 Å². The Hall–Kier alpha value is -2.35. The smallest absolute Gasteiger partial charge is 0.317 e. The van der Waals surface area contributed by atoms with Crippen molar-refractivity contribution in [2.75, 3.05) is 0 Å². The summed E-state index contributed by atoms with van der Waals surface area (Å²) >= 11 is 0. The van der Waals surface area contributed by atoms with Crippen molar-refractivity contribution >= 4 is 5.97 Å². The Morgan fingerprint density at radius 1 is 0.806 bits per heavy atom. The summed E-state index contributed by atoms with van der Waals surface area (Å²) in [6.07, 6.45) is 17.2. The van der Waals surface area contributed by atoms with Crippen LogP contribution in [0.15, 0.2) is 77.9 Å². The topological polar surface area (TPSA) is 26.3 Å². The maximum Gasteiger partial charge on any atom is 0.317 e. The Kier molecular flexibility index (Phi) is 13.3. The largest absolute Gasteiger partial charge is 0.460 e. The highest BCUT2D eigenvalue weighted by Crippen LogP contribution is 2.16. The molecular formula is C29H42O2. The molecule has 2 heteroatoms. The maximum atomic E-state index is 12.8. The van der Waals surface area contributed by atoms with Gasteiger partial charge in [-0.2, -0.15) is 0 Å². The molecule has 0 radical (unpaired) electrons. The first-order chi connectivity index (χ1) is 14.8. The van der Waals surface area contributed by atoms with Gasteiger partial charge in [-0.05, 0) is 70.8 Å². The lowest BCUT2D eigenvalue weighted by Gasteiger charge is -2.12. The zero-order chi connectivity index (χ0) is 23.1. The molecule has 0 saturated carbocycles. The van der Waals surface area contributed by atoms with Gasteiger partial charge in [-0.3, -0.25) is 4.79 Å². The molecule has 2 atom stereocenters. The lowest BCUT2D eigenvalue weighted by molar-refractivity contribution is -0.146. The van der Waals surface area contributed by atoms with Crippen LogP contribution in [0.5, 0.6) is 0 Å². The van der Waals surface area contributed by atoms with Crippen molar-refractivity contribution in [3.05, 3.63) is 83.5 Å². The summed E-state index contributed by atoms with van der Waals surface area (Å²) in [7, 11) is 0. The number of carbonyl (C=O) groups excluding carboxylic acids is 1. The molecule has 0 bridgehead atoms. The predicted molar refractivity (Wildman–Crippen MR) is 134 cm³/mol. The molecule has 0 aliphatic rings. The van der Waals surface area contributed by atoms with Crippen molar-refractivity contribution < 1.29 is 9.53 Å². The van der Waals surface area contributed by atoms with Gasteiger partial charge in [-0.25, -0.2) is 0 Å². The normalized spacial score (nSPS) is 14.3. The minimum atomic E-state index is -0.347. The zero-order valence-corrected chi connectivity index (χ0v) is 20.4. The number of allylic oxidation sites excluding steroid dienone is 6. The van der Waals surface area contributed by atoms with E-state index in [1.807, 2.05) is 42.5 Å². The summed E-state index contributed by atoms with van der Waals surface area (Å²) in [6.45, 7) is 13.2. The van der Waals surface area contributed by atoms with Gasteiger partial charge in [0.05, 0.1) is 5.92 Å². The molecule has 31 heavy (non-hydrogen) atoms. The second kappa shape index (κ2) is 15.5. The van der Waals surface area contributed by atoms with Crippen LogP contribution in [0.1, 0.15) is 72.8 Å². The second-order valence-electron chi connectivity index (χ2n) is 9.06. The van der Waals surface area contributed by atoms with Gasteiger partial charge < -0.3 is 4.74 Å². The molecule has 2 unspecified atom stereocenters. The Balaban J connectivity index is 2.75. The number of benzene rings is 1. The summed E-state index contributed by atoms with van der Waals surface area (Å²) in [5, 5.41) is 0. The average molecular weight is 423 g/mol. The molecule has 0 aliphatic heterocycles. The zero-order valence-electron chi connectivity index (χ0n) is 20.4. The van der Waals surface area contributed by atoms with Crippen molar-refractivity contribution in [3.63, 3.8) is 0 Å². The first kappa shape index (κ1) is 26.7. The molecule has 1 aromatic rings. The maximum absolute atomic E-state index is 12.8. The molecule has 170 valence electrons. The van der Waals surface area contributed by atoms with Crippen LogP contribution in [0.4, 0.5) is 0 Å². The molecule has 0 heterocycles. The monoisotopic (exact) mass is 422 g/mol. The summed E-state index contributed by atoms with van der Waals surface area (Å²) < 4.78 is 5.62. The van der Waals surface area contributed by atoms with Crippen LogP contribution in [0, 0.1) is 17.8 Å². The van der Waals surface area contributed by atoms with E-state index < -0.39 is 0 Å². The highest BCUT2D eigenvalue weighted by molar-refractivity contribution is 5.76. The first-order valence-electron chi connectivity index (χ1n) is 11.6. The highest BCUT2D eigenvalue weighted by Gasteiger charge is 2.15. The van der Waals surface area contributed by atoms with E-state index in [1.165, 1.54) is 11.1 Å². The molecule has 0 N–H and O–H groups in total. The molecule has 0 aliphatic carbocycles. The van der Waals surface area contributed by atoms with Gasteiger partial charge in [0.1, 0.15) is 6.61 Å². The van der Waals surface area contributed by atoms with Crippen molar-refractivity contribution in [3.8, 4) is 0 Å². The summed E-state index contributed by atoms with van der Waals surface area (Å²) in [5.41, 5.74) is 3.71. The number of esters is 1. The molecule has 1 rings (SSSR count). The fourth-order valence-electron chi connectivity index (χ4n) is 3.13. The number of rotatable bonds is 13. The van der Waals surface area contributed by atoms with Crippen LogP contribution < -0.4 is 0 Å². The number of ether oxygens (including phenoxy) is 1. The van der Waals surface area contributed by atoms with Crippen molar-refractivity contribution in [1.29, 1.82) is 0 Å². The van der Waals surface area contributed by atoms with Crippen LogP contribution >= 0.6 is 0 Å².